The second kappa shape index (κ2) is 9.54. The molecule has 162 valence electrons. The van der Waals surface area contributed by atoms with Crippen molar-refractivity contribution < 1.29 is 27.2 Å². The molecule has 0 aromatic heterocycles. The molecule has 0 spiro atoms. The number of carbonyl (C=O) groups excluding carboxylic acids is 2. The van der Waals surface area contributed by atoms with Crippen molar-refractivity contribution in [1.29, 1.82) is 0 Å². The zero-order valence-corrected chi connectivity index (χ0v) is 19.3. The zero-order valence-electron chi connectivity index (χ0n) is 16.3. The first-order valence-electron chi connectivity index (χ1n) is 8.63. The Morgan fingerprint density at radius 1 is 1.10 bits per heavy atom. The van der Waals surface area contributed by atoms with Gasteiger partial charge >= 0.3 is 6.18 Å². The predicted molar refractivity (Wildman–Crippen MR) is 118 cm³/mol. The summed E-state index contributed by atoms with van der Waals surface area (Å²) in [5, 5.41) is 5.11. The Labute approximate surface area is 189 Å². The lowest BCUT2D eigenvalue weighted by atomic mass is 10.0. The molecule has 4 nitrogen and oxygen atoms in total. The molecule has 0 radical (unpaired) electrons. The lowest BCUT2D eigenvalue weighted by molar-refractivity contribution is -0.137. The van der Waals surface area contributed by atoms with Crippen LogP contribution in [0, 0.1) is 9.39 Å². The van der Waals surface area contributed by atoms with Gasteiger partial charge in [0.2, 0.25) is 0 Å². The van der Waals surface area contributed by atoms with Crippen LogP contribution in [0.15, 0.2) is 36.4 Å². The summed E-state index contributed by atoms with van der Waals surface area (Å²) in [4.78, 5) is 25.6. The number of halogens is 5. The molecule has 10 heteroatoms. The number of alkyl halides is 3. The van der Waals surface area contributed by atoms with Gasteiger partial charge in [-0.3, -0.25) is 9.59 Å². The second-order valence-electron chi connectivity index (χ2n) is 7.11. The van der Waals surface area contributed by atoms with Gasteiger partial charge in [0.25, 0.3) is 11.8 Å². The van der Waals surface area contributed by atoms with Crippen LogP contribution in [-0.4, -0.2) is 29.4 Å². The highest BCUT2D eigenvalue weighted by molar-refractivity contribution is 14.1. The maximum absolute atomic E-state index is 13.6. The van der Waals surface area contributed by atoms with Gasteiger partial charge in [-0.1, -0.05) is 6.07 Å². The molecule has 0 atom stereocenters. The minimum absolute atomic E-state index is 0.0304. The van der Waals surface area contributed by atoms with Crippen LogP contribution in [-0.2, 0) is 6.18 Å². The van der Waals surface area contributed by atoms with Crippen molar-refractivity contribution >= 4 is 51.9 Å². The Bertz CT molecular complexity index is 964. The SMILES string of the molecule is CSCC(C)(C)NC(=O)c1c(I)cccc1C(=O)Nc1cc(F)cc(C(F)(F)F)c1. The first kappa shape index (κ1) is 24.4. The van der Waals surface area contributed by atoms with Gasteiger partial charge < -0.3 is 10.6 Å². The summed E-state index contributed by atoms with van der Waals surface area (Å²) in [7, 11) is 0. The number of anilines is 1. The summed E-state index contributed by atoms with van der Waals surface area (Å²) in [6, 6.07) is 6.33. The normalized spacial score (nSPS) is 11.9. The molecule has 0 aliphatic carbocycles. The molecule has 2 aromatic carbocycles. The van der Waals surface area contributed by atoms with Crippen molar-refractivity contribution in [3.8, 4) is 0 Å². The van der Waals surface area contributed by atoms with Crippen molar-refractivity contribution in [1.82, 2.24) is 5.32 Å². The van der Waals surface area contributed by atoms with Gasteiger partial charge in [-0.2, -0.15) is 24.9 Å². The van der Waals surface area contributed by atoms with Gasteiger partial charge in [0, 0.05) is 20.5 Å². The molecular formula is C20H19F4IN2O2S. The monoisotopic (exact) mass is 554 g/mol. The number of benzene rings is 2. The molecule has 2 aromatic rings. The van der Waals surface area contributed by atoms with Gasteiger partial charge in [-0.25, -0.2) is 4.39 Å². The molecule has 0 saturated carbocycles. The zero-order chi connectivity index (χ0) is 22.7. The highest BCUT2D eigenvalue weighted by Gasteiger charge is 2.32. The molecule has 0 saturated heterocycles. The Morgan fingerprint density at radius 2 is 1.77 bits per heavy atom. The molecule has 0 bridgehead atoms. The van der Waals surface area contributed by atoms with Crippen LogP contribution in [0.1, 0.15) is 40.1 Å². The third kappa shape index (κ3) is 6.34. The standard InChI is InChI=1S/C20H19F4IN2O2S/c1-19(2,10-30-3)27-18(29)16-14(5-4-6-15(16)25)17(28)26-13-8-11(20(22,23)24)7-12(21)9-13/h4-9H,10H2,1-3H3,(H,26,28)(H,27,29). The molecule has 0 unspecified atom stereocenters. The summed E-state index contributed by atoms with van der Waals surface area (Å²) in [5.74, 6) is -1.81. The number of nitrogens with one attached hydrogen (secondary N) is 2. The molecule has 0 aliphatic heterocycles. The molecule has 0 aliphatic rings. The fourth-order valence-corrected chi connectivity index (χ4v) is 4.27. The first-order valence-corrected chi connectivity index (χ1v) is 11.1. The second-order valence-corrected chi connectivity index (χ2v) is 9.14. The molecule has 0 fully saturated rings. The van der Waals surface area contributed by atoms with E-state index in [9.17, 15) is 27.2 Å². The van der Waals surface area contributed by atoms with Crippen molar-refractivity contribution in [2.24, 2.45) is 0 Å². The number of hydrogen-bond acceptors (Lipinski definition) is 3. The number of amides is 2. The summed E-state index contributed by atoms with van der Waals surface area (Å²) in [6.45, 7) is 3.67. The van der Waals surface area contributed by atoms with Gasteiger partial charge in [-0.15, -0.1) is 0 Å². The number of hydrogen-bond donors (Lipinski definition) is 2. The van der Waals surface area contributed by atoms with Crippen molar-refractivity contribution in [2.75, 3.05) is 17.3 Å². The summed E-state index contributed by atoms with van der Waals surface area (Å²) < 4.78 is 52.9. The lowest BCUT2D eigenvalue weighted by Gasteiger charge is -2.26. The van der Waals surface area contributed by atoms with E-state index in [1.807, 2.05) is 42.7 Å². The van der Waals surface area contributed by atoms with Crippen LogP contribution in [0.3, 0.4) is 0 Å². The summed E-state index contributed by atoms with van der Waals surface area (Å²) in [5.41, 5.74) is -2.07. The minimum Gasteiger partial charge on any atom is -0.346 e. The summed E-state index contributed by atoms with van der Waals surface area (Å²) in [6.07, 6.45) is -2.87. The van der Waals surface area contributed by atoms with E-state index in [2.05, 4.69) is 10.6 Å². The fourth-order valence-electron chi connectivity index (χ4n) is 2.73. The Balaban J connectivity index is 2.37. The van der Waals surface area contributed by atoms with E-state index in [1.165, 1.54) is 6.07 Å². The van der Waals surface area contributed by atoms with Crippen molar-refractivity contribution in [2.45, 2.75) is 25.6 Å². The fraction of sp³-hybridized carbons (Fsp3) is 0.300. The molecule has 2 rings (SSSR count). The predicted octanol–water partition coefficient (Wildman–Crippen LogP) is 5.57. The third-order valence-corrected chi connectivity index (χ3v) is 5.83. The van der Waals surface area contributed by atoms with Crippen molar-refractivity contribution in [3.63, 3.8) is 0 Å². The first-order chi connectivity index (χ1) is 13.8. The molecule has 2 N–H and O–H groups in total. The van der Waals surface area contributed by atoms with Crippen LogP contribution in [0.4, 0.5) is 23.2 Å². The highest BCUT2D eigenvalue weighted by Crippen LogP contribution is 2.32. The van der Waals surface area contributed by atoms with E-state index in [0.29, 0.717) is 21.5 Å². The van der Waals surface area contributed by atoms with Crippen LogP contribution < -0.4 is 10.6 Å². The number of thioether (sulfide) groups is 1. The minimum atomic E-state index is -4.77. The van der Waals surface area contributed by atoms with Gasteiger partial charge in [0.05, 0.1) is 16.7 Å². The Morgan fingerprint density at radius 3 is 2.37 bits per heavy atom. The van der Waals surface area contributed by atoms with E-state index < -0.39 is 34.9 Å². The van der Waals surface area contributed by atoms with Gasteiger partial charge in [0.1, 0.15) is 5.82 Å². The van der Waals surface area contributed by atoms with Crippen LogP contribution in [0.5, 0.6) is 0 Å². The van der Waals surface area contributed by atoms with E-state index in [0.717, 1.165) is 6.07 Å². The average Bonchev–Trinajstić information content (AvgIpc) is 2.59. The van der Waals surface area contributed by atoms with E-state index in [-0.39, 0.29) is 16.8 Å². The highest BCUT2D eigenvalue weighted by atomic mass is 127. The van der Waals surface area contributed by atoms with E-state index >= 15 is 0 Å². The van der Waals surface area contributed by atoms with Crippen LogP contribution in [0.25, 0.3) is 0 Å². The average molecular weight is 554 g/mol. The third-order valence-electron chi connectivity index (χ3n) is 3.93. The van der Waals surface area contributed by atoms with E-state index in [1.54, 1.807) is 23.9 Å². The lowest BCUT2D eigenvalue weighted by Crippen LogP contribution is -2.46. The van der Waals surface area contributed by atoms with E-state index in [4.69, 9.17) is 0 Å². The van der Waals surface area contributed by atoms with Gasteiger partial charge in [0.15, 0.2) is 0 Å². The Hall–Kier alpha value is -1.82. The van der Waals surface area contributed by atoms with Gasteiger partial charge in [-0.05, 0) is 73.0 Å². The van der Waals surface area contributed by atoms with Crippen LogP contribution >= 0.6 is 34.4 Å². The number of carbonyl (C=O) groups is 2. The van der Waals surface area contributed by atoms with Crippen LogP contribution in [0.2, 0.25) is 0 Å². The topological polar surface area (TPSA) is 58.2 Å². The quantitative estimate of drug-likeness (QED) is 0.363. The summed E-state index contributed by atoms with van der Waals surface area (Å²) >= 11 is 3.45. The van der Waals surface area contributed by atoms with Crippen molar-refractivity contribution in [3.05, 3.63) is 62.5 Å². The maximum atomic E-state index is 13.6. The number of rotatable bonds is 6. The molecule has 2 amide bonds. The molecule has 30 heavy (non-hydrogen) atoms. The largest absolute Gasteiger partial charge is 0.416 e. The Kier molecular flexibility index (Phi) is 7.78. The molecule has 0 heterocycles. The maximum Gasteiger partial charge on any atom is 0.416 e. The smallest absolute Gasteiger partial charge is 0.346 e. The molecular weight excluding hydrogens is 535 g/mol.